The van der Waals surface area contributed by atoms with E-state index in [1.54, 1.807) is 6.08 Å². The van der Waals surface area contributed by atoms with Crippen LogP contribution in [0.5, 0.6) is 0 Å². The van der Waals surface area contributed by atoms with Crippen molar-refractivity contribution in [3.05, 3.63) is 85.1 Å². The molecule has 1 fully saturated rings. The van der Waals surface area contributed by atoms with Crippen LogP contribution in [0.25, 0.3) is 0 Å². The largest absolute Gasteiger partial charge is 0.394 e. The van der Waals surface area contributed by atoms with Crippen LogP contribution in [0.4, 0.5) is 0 Å². The predicted molar refractivity (Wildman–Crippen MR) is 299 cm³/mol. The van der Waals surface area contributed by atoms with Crippen molar-refractivity contribution >= 4 is 5.91 Å². The first-order valence-electron chi connectivity index (χ1n) is 29.3. The molecule has 0 saturated carbocycles. The second-order valence-corrected chi connectivity index (χ2v) is 20.0. The van der Waals surface area contributed by atoms with Crippen LogP contribution in [0.15, 0.2) is 85.1 Å². The maximum atomic E-state index is 13.1. The monoisotopic (exact) mass is 996 g/mol. The Morgan fingerprint density at radius 2 is 0.887 bits per heavy atom. The molecule has 0 aromatic carbocycles. The van der Waals surface area contributed by atoms with Crippen molar-refractivity contribution in [1.29, 1.82) is 0 Å². The van der Waals surface area contributed by atoms with E-state index in [-0.39, 0.29) is 12.5 Å². The van der Waals surface area contributed by atoms with Gasteiger partial charge in [-0.1, -0.05) is 240 Å². The van der Waals surface area contributed by atoms with Gasteiger partial charge < -0.3 is 40.3 Å². The molecule has 0 bridgehead atoms. The minimum atomic E-state index is -1.58. The number of ether oxygens (including phenoxy) is 2. The zero-order chi connectivity index (χ0) is 51.5. The van der Waals surface area contributed by atoms with Crippen molar-refractivity contribution in [2.75, 3.05) is 13.2 Å². The van der Waals surface area contributed by atoms with Crippen LogP contribution in [0.1, 0.15) is 245 Å². The van der Waals surface area contributed by atoms with Crippen molar-refractivity contribution in [2.24, 2.45) is 0 Å². The SMILES string of the molecule is CC/C=C\C/C=C\C/C=C\C/C=C\CCCCCCCCCCCCCCCCCCC(=O)NC(COC1OC(CO)C(O)C(O)C1O)C(O)/C=C/CC/C=C/CC/C=C/CCCCCCCCCCC. The molecule has 0 aromatic heterocycles. The van der Waals surface area contributed by atoms with Gasteiger partial charge in [0.25, 0.3) is 0 Å². The Morgan fingerprint density at radius 3 is 1.35 bits per heavy atom. The molecule has 1 aliphatic rings. The third-order valence-electron chi connectivity index (χ3n) is 13.4. The quantitative estimate of drug-likeness (QED) is 0.0261. The Hall–Kier alpha value is -2.63. The summed E-state index contributed by atoms with van der Waals surface area (Å²) in [5, 5.41) is 54.5. The summed E-state index contributed by atoms with van der Waals surface area (Å²) in [6, 6.07) is -0.832. The molecule has 1 amide bonds. The number of aliphatic hydroxyl groups is 5. The number of allylic oxidation sites excluding steroid dienone is 13. The molecule has 1 aliphatic heterocycles. The Balaban J connectivity index is 2.22. The van der Waals surface area contributed by atoms with Crippen LogP contribution in [-0.4, -0.2) is 87.5 Å². The fourth-order valence-corrected chi connectivity index (χ4v) is 8.83. The Morgan fingerprint density at radius 1 is 0.493 bits per heavy atom. The topological polar surface area (TPSA) is 149 Å². The molecule has 9 heteroatoms. The zero-order valence-electron chi connectivity index (χ0n) is 45.5. The number of nitrogens with one attached hydrogen (secondary N) is 1. The van der Waals surface area contributed by atoms with Gasteiger partial charge in [0.05, 0.1) is 25.4 Å². The maximum Gasteiger partial charge on any atom is 0.220 e. The maximum absolute atomic E-state index is 13.1. The molecular formula is C62H109NO8. The number of aliphatic hydroxyl groups excluding tert-OH is 5. The van der Waals surface area contributed by atoms with Gasteiger partial charge in [-0.15, -0.1) is 0 Å². The highest BCUT2D eigenvalue weighted by molar-refractivity contribution is 5.76. The van der Waals surface area contributed by atoms with E-state index in [9.17, 15) is 30.3 Å². The van der Waals surface area contributed by atoms with Gasteiger partial charge in [0.2, 0.25) is 5.91 Å². The van der Waals surface area contributed by atoms with Crippen LogP contribution in [0, 0.1) is 0 Å². The van der Waals surface area contributed by atoms with Crippen molar-refractivity contribution in [1.82, 2.24) is 5.32 Å². The summed E-state index contributed by atoms with van der Waals surface area (Å²) < 4.78 is 11.3. The lowest BCUT2D eigenvalue weighted by Gasteiger charge is -2.40. The van der Waals surface area contributed by atoms with Crippen LogP contribution < -0.4 is 5.32 Å². The number of hydrogen-bond donors (Lipinski definition) is 6. The van der Waals surface area contributed by atoms with Gasteiger partial charge in [0, 0.05) is 6.42 Å². The summed E-state index contributed by atoms with van der Waals surface area (Å²) >= 11 is 0. The van der Waals surface area contributed by atoms with E-state index < -0.39 is 49.5 Å². The van der Waals surface area contributed by atoms with Crippen LogP contribution in [0.2, 0.25) is 0 Å². The molecule has 9 nitrogen and oxygen atoms in total. The van der Waals surface area contributed by atoms with Crippen molar-refractivity contribution in [3.63, 3.8) is 0 Å². The van der Waals surface area contributed by atoms with Gasteiger partial charge in [-0.3, -0.25) is 4.79 Å². The summed E-state index contributed by atoms with van der Waals surface area (Å²) in [5.41, 5.74) is 0. The molecule has 6 N–H and O–H groups in total. The summed E-state index contributed by atoms with van der Waals surface area (Å²) in [5.74, 6) is -0.192. The van der Waals surface area contributed by atoms with E-state index in [0.29, 0.717) is 6.42 Å². The number of carbonyl (C=O) groups is 1. The normalized spacial score (nSPS) is 19.9. The lowest BCUT2D eigenvalue weighted by molar-refractivity contribution is -0.302. The van der Waals surface area contributed by atoms with Gasteiger partial charge in [0.1, 0.15) is 24.4 Å². The van der Waals surface area contributed by atoms with E-state index in [1.807, 2.05) is 6.08 Å². The summed E-state index contributed by atoms with van der Waals surface area (Å²) in [6.45, 7) is 3.65. The highest BCUT2D eigenvalue weighted by Crippen LogP contribution is 2.23. The molecule has 0 aliphatic carbocycles. The van der Waals surface area contributed by atoms with Gasteiger partial charge in [-0.2, -0.15) is 0 Å². The van der Waals surface area contributed by atoms with Crippen molar-refractivity contribution < 1.29 is 39.8 Å². The van der Waals surface area contributed by atoms with E-state index >= 15 is 0 Å². The van der Waals surface area contributed by atoms with Crippen LogP contribution in [0.3, 0.4) is 0 Å². The van der Waals surface area contributed by atoms with Crippen LogP contribution >= 0.6 is 0 Å². The summed E-state index contributed by atoms with van der Waals surface area (Å²) in [4.78, 5) is 13.1. The van der Waals surface area contributed by atoms with Crippen LogP contribution in [-0.2, 0) is 14.3 Å². The minimum absolute atomic E-state index is 0.192. The second kappa shape index (κ2) is 50.9. The molecule has 1 rings (SSSR count). The zero-order valence-corrected chi connectivity index (χ0v) is 45.5. The molecule has 0 aromatic rings. The number of unbranched alkanes of at least 4 members (excludes halogenated alkanes) is 27. The fraction of sp³-hybridized carbons (Fsp3) is 0.758. The van der Waals surface area contributed by atoms with E-state index in [0.717, 1.165) is 70.6 Å². The van der Waals surface area contributed by atoms with E-state index in [2.05, 4.69) is 92.1 Å². The van der Waals surface area contributed by atoms with Crippen molar-refractivity contribution in [3.8, 4) is 0 Å². The van der Waals surface area contributed by atoms with Gasteiger partial charge in [-0.25, -0.2) is 0 Å². The molecule has 0 radical (unpaired) electrons. The number of carbonyl (C=O) groups excluding carboxylic acids is 1. The van der Waals surface area contributed by atoms with E-state index in [1.165, 1.54) is 154 Å². The fourth-order valence-electron chi connectivity index (χ4n) is 8.83. The number of amides is 1. The number of hydrogen-bond acceptors (Lipinski definition) is 8. The lowest BCUT2D eigenvalue weighted by Crippen LogP contribution is -2.60. The van der Waals surface area contributed by atoms with E-state index in [4.69, 9.17) is 9.47 Å². The van der Waals surface area contributed by atoms with Crippen molar-refractivity contribution in [2.45, 2.75) is 288 Å². The highest BCUT2D eigenvalue weighted by atomic mass is 16.7. The molecule has 7 atom stereocenters. The minimum Gasteiger partial charge on any atom is -0.394 e. The average Bonchev–Trinajstić information content (AvgIpc) is 3.37. The highest BCUT2D eigenvalue weighted by Gasteiger charge is 2.44. The molecule has 7 unspecified atom stereocenters. The summed E-state index contributed by atoms with van der Waals surface area (Å²) in [6.07, 6.45) is 65.1. The van der Waals surface area contributed by atoms with Gasteiger partial charge in [0.15, 0.2) is 6.29 Å². The Labute approximate surface area is 435 Å². The predicted octanol–water partition coefficient (Wildman–Crippen LogP) is 14.6. The lowest BCUT2D eigenvalue weighted by atomic mass is 9.99. The molecular weight excluding hydrogens is 887 g/mol. The summed E-state index contributed by atoms with van der Waals surface area (Å²) in [7, 11) is 0. The van der Waals surface area contributed by atoms with Gasteiger partial charge >= 0.3 is 0 Å². The molecule has 0 spiro atoms. The first-order chi connectivity index (χ1) is 34.8. The second-order valence-electron chi connectivity index (χ2n) is 20.0. The smallest absolute Gasteiger partial charge is 0.220 e. The third-order valence-corrected chi connectivity index (χ3v) is 13.4. The first kappa shape index (κ1) is 66.4. The average molecular weight is 997 g/mol. The molecule has 1 saturated heterocycles. The third kappa shape index (κ3) is 40.4. The van der Waals surface area contributed by atoms with Gasteiger partial charge in [-0.05, 0) is 83.5 Å². The molecule has 410 valence electrons. The Bertz CT molecular complexity index is 1390. The standard InChI is InChI=1S/C62H109NO8/c1-3-5-7-9-11-13-15-17-19-21-23-24-25-26-27-28-29-30-31-32-34-36-38-40-42-44-46-48-50-52-58(66)63-55(54-70-62-61(69)60(68)59(67)57(53-64)71-62)56(65)51-49-47-45-43-41-39-37-35-33-22-20-18-16-14-12-10-8-6-4-2/h5,7,11,13,17,19,23-24,33,35,41,43,49,51,55-57,59-62,64-65,67-69H,3-4,6,8-10,12,14-16,18,20-22,25-32,34,36-40,42,44-48,50,52-54H2,1-2H3,(H,63,66)/b7-5-,13-11-,19-17-,24-23-,35-33+,43-41+,51-49+. The molecule has 71 heavy (non-hydrogen) atoms. The first-order valence-corrected chi connectivity index (χ1v) is 29.3. The molecule has 1 heterocycles. The number of rotatable bonds is 49. The Kier molecular flexibility index (Phi) is 47.6.